The van der Waals surface area contributed by atoms with Gasteiger partial charge in [-0.3, -0.25) is 0 Å². The van der Waals surface area contributed by atoms with E-state index in [1.54, 1.807) is 25.3 Å². The predicted octanol–water partition coefficient (Wildman–Crippen LogP) is 3.61. The lowest BCUT2D eigenvalue weighted by Crippen LogP contribution is -2.50. The molecule has 2 N–H and O–H groups in total. The van der Waals surface area contributed by atoms with Gasteiger partial charge in [-0.05, 0) is 55.2 Å². The third kappa shape index (κ3) is 3.48. The monoisotopic (exact) mass is 346 g/mol. The Labute approximate surface area is 152 Å². The lowest BCUT2D eigenvalue weighted by atomic mass is 9.72. The van der Waals surface area contributed by atoms with Crippen molar-refractivity contribution in [3.63, 3.8) is 0 Å². The van der Waals surface area contributed by atoms with Crippen LogP contribution in [0.25, 0.3) is 0 Å². The summed E-state index contributed by atoms with van der Waals surface area (Å²) < 4.78 is 5.28. The summed E-state index contributed by atoms with van der Waals surface area (Å²) in [7, 11) is 1.55. The minimum absolute atomic E-state index is 0.464. The lowest BCUT2D eigenvalue weighted by molar-refractivity contribution is 0.144. The highest BCUT2D eigenvalue weighted by Gasteiger charge is 2.39. The Morgan fingerprint density at radius 2 is 1.85 bits per heavy atom. The topological polar surface area (TPSA) is 82.3 Å². The first-order valence-corrected chi connectivity index (χ1v) is 8.28. The Hall–Kier alpha value is -3.44. The van der Waals surface area contributed by atoms with Crippen molar-refractivity contribution in [3.05, 3.63) is 64.7 Å². The molecule has 0 bridgehead atoms. The molecule has 1 fully saturated rings. The zero-order valence-corrected chi connectivity index (χ0v) is 14.4. The molecule has 5 nitrogen and oxygen atoms in total. The second-order valence-corrected chi connectivity index (χ2v) is 6.22. The number of methoxy groups -OCH3 is 1. The number of nitrogens with zero attached hydrogens (tertiary/aromatic N) is 1. The molecular formula is C21H18N2O3. The predicted molar refractivity (Wildman–Crippen MR) is 96.8 cm³/mol. The van der Waals surface area contributed by atoms with Crippen LogP contribution in [0.2, 0.25) is 0 Å². The molecule has 26 heavy (non-hydrogen) atoms. The molecule has 1 aliphatic carbocycles. The third-order valence-corrected chi connectivity index (χ3v) is 4.66. The Morgan fingerprint density at radius 3 is 2.38 bits per heavy atom. The molecule has 5 heteroatoms. The van der Waals surface area contributed by atoms with Crippen molar-refractivity contribution in [3.8, 4) is 23.7 Å². The van der Waals surface area contributed by atoms with Gasteiger partial charge in [-0.1, -0.05) is 24.0 Å². The van der Waals surface area contributed by atoms with Crippen molar-refractivity contribution in [1.29, 1.82) is 5.26 Å². The standard InChI is InChI=1S/C21H18N2O3/c1-26-19-13-16(14-22)4-8-17(19)7-3-15-5-9-18(10-6-15)21(11-2-12-21)23-20(24)25/h4-6,8-10,13,23H,2,11-12H2,1H3,(H,24,25). The van der Waals surface area contributed by atoms with Crippen LogP contribution in [0.3, 0.4) is 0 Å². The van der Waals surface area contributed by atoms with Gasteiger partial charge in [0.05, 0.1) is 29.8 Å². The Balaban J connectivity index is 1.82. The van der Waals surface area contributed by atoms with E-state index in [0.29, 0.717) is 16.9 Å². The van der Waals surface area contributed by atoms with Gasteiger partial charge in [0.15, 0.2) is 0 Å². The number of nitrogens with one attached hydrogen (secondary N) is 1. The highest BCUT2D eigenvalue weighted by molar-refractivity contribution is 5.66. The maximum atomic E-state index is 11.0. The highest BCUT2D eigenvalue weighted by atomic mass is 16.5. The fourth-order valence-electron chi connectivity index (χ4n) is 3.10. The van der Waals surface area contributed by atoms with Crippen LogP contribution in [-0.4, -0.2) is 18.3 Å². The molecule has 0 spiro atoms. The van der Waals surface area contributed by atoms with Crippen LogP contribution in [0.1, 0.15) is 41.5 Å². The van der Waals surface area contributed by atoms with Crippen molar-refractivity contribution in [2.24, 2.45) is 0 Å². The Kier molecular flexibility index (Phi) is 4.82. The van der Waals surface area contributed by atoms with Crippen LogP contribution in [0.4, 0.5) is 4.79 Å². The zero-order valence-electron chi connectivity index (χ0n) is 14.4. The summed E-state index contributed by atoms with van der Waals surface area (Å²) in [6.07, 6.45) is 1.64. The number of carboxylic acid groups (broad SMARTS) is 1. The van der Waals surface area contributed by atoms with E-state index in [9.17, 15) is 4.79 Å². The molecule has 0 unspecified atom stereocenters. The van der Waals surface area contributed by atoms with E-state index in [1.165, 1.54) is 0 Å². The molecule has 0 atom stereocenters. The van der Waals surface area contributed by atoms with Crippen LogP contribution in [0, 0.1) is 23.2 Å². The lowest BCUT2D eigenvalue weighted by Gasteiger charge is -2.42. The molecule has 2 aromatic rings. The zero-order chi connectivity index (χ0) is 18.6. The quantitative estimate of drug-likeness (QED) is 0.832. The second-order valence-electron chi connectivity index (χ2n) is 6.22. The van der Waals surface area contributed by atoms with Gasteiger partial charge in [-0.25, -0.2) is 4.79 Å². The molecule has 1 aliphatic rings. The van der Waals surface area contributed by atoms with Crippen molar-refractivity contribution in [1.82, 2.24) is 5.32 Å². The molecule has 2 aromatic carbocycles. The fraction of sp³-hybridized carbons (Fsp3) is 0.238. The fourth-order valence-corrected chi connectivity index (χ4v) is 3.10. The van der Waals surface area contributed by atoms with Crippen LogP contribution >= 0.6 is 0 Å². The summed E-state index contributed by atoms with van der Waals surface area (Å²) in [6.45, 7) is 0. The average Bonchev–Trinajstić information content (AvgIpc) is 2.63. The number of hydrogen-bond donors (Lipinski definition) is 2. The van der Waals surface area contributed by atoms with Crippen LogP contribution < -0.4 is 10.1 Å². The molecule has 0 radical (unpaired) electrons. The van der Waals surface area contributed by atoms with Gasteiger partial charge >= 0.3 is 6.09 Å². The van der Waals surface area contributed by atoms with E-state index in [0.717, 1.165) is 30.4 Å². The van der Waals surface area contributed by atoms with E-state index < -0.39 is 11.6 Å². The molecule has 130 valence electrons. The first kappa shape index (κ1) is 17.4. The number of benzene rings is 2. The van der Waals surface area contributed by atoms with Crippen LogP contribution in [0.15, 0.2) is 42.5 Å². The molecule has 0 aromatic heterocycles. The summed E-state index contributed by atoms with van der Waals surface area (Å²) in [5.74, 6) is 6.70. The van der Waals surface area contributed by atoms with Gasteiger partial charge in [0, 0.05) is 5.56 Å². The van der Waals surface area contributed by atoms with E-state index in [-0.39, 0.29) is 0 Å². The maximum Gasteiger partial charge on any atom is 0.405 e. The molecule has 0 aliphatic heterocycles. The summed E-state index contributed by atoms with van der Waals surface area (Å²) in [5, 5.41) is 20.7. The molecule has 0 saturated heterocycles. The van der Waals surface area contributed by atoms with E-state index in [4.69, 9.17) is 15.1 Å². The minimum Gasteiger partial charge on any atom is -0.495 e. The Bertz CT molecular complexity index is 926. The van der Waals surface area contributed by atoms with Gasteiger partial charge in [0.2, 0.25) is 0 Å². The van der Waals surface area contributed by atoms with Crippen molar-refractivity contribution >= 4 is 6.09 Å². The second kappa shape index (κ2) is 7.21. The van der Waals surface area contributed by atoms with E-state index in [1.807, 2.05) is 24.3 Å². The number of rotatable bonds is 3. The van der Waals surface area contributed by atoms with Crippen molar-refractivity contribution < 1.29 is 14.6 Å². The van der Waals surface area contributed by atoms with Crippen molar-refractivity contribution in [2.45, 2.75) is 24.8 Å². The molecule has 0 heterocycles. The Morgan fingerprint density at radius 1 is 1.15 bits per heavy atom. The van der Waals surface area contributed by atoms with Crippen LogP contribution in [0.5, 0.6) is 5.75 Å². The summed E-state index contributed by atoms with van der Waals surface area (Å²) >= 11 is 0. The van der Waals surface area contributed by atoms with Gasteiger partial charge in [0.1, 0.15) is 5.75 Å². The van der Waals surface area contributed by atoms with Crippen LogP contribution in [-0.2, 0) is 5.54 Å². The van der Waals surface area contributed by atoms with Gasteiger partial charge in [-0.15, -0.1) is 0 Å². The van der Waals surface area contributed by atoms with Crippen molar-refractivity contribution in [2.75, 3.05) is 7.11 Å². The van der Waals surface area contributed by atoms with E-state index >= 15 is 0 Å². The molecule has 1 saturated carbocycles. The number of hydrogen-bond acceptors (Lipinski definition) is 3. The maximum absolute atomic E-state index is 11.0. The summed E-state index contributed by atoms with van der Waals surface area (Å²) in [4.78, 5) is 11.0. The SMILES string of the molecule is COc1cc(C#N)ccc1C#Cc1ccc(C2(NC(=O)O)CCC2)cc1. The molecule has 1 amide bonds. The third-order valence-electron chi connectivity index (χ3n) is 4.66. The first-order valence-electron chi connectivity index (χ1n) is 8.28. The number of amides is 1. The van der Waals surface area contributed by atoms with E-state index in [2.05, 4.69) is 23.2 Å². The summed E-state index contributed by atoms with van der Waals surface area (Å²) in [5.41, 5.74) is 2.55. The minimum atomic E-state index is -0.999. The summed E-state index contributed by atoms with van der Waals surface area (Å²) in [6, 6.07) is 14.8. The molecular weight excluding hydrogens is 328 g/mol. The van der Waals surface area contributed by atoms with Gasteiger partial charge < -0.3 is 15.2 Å². The first-order chi connectivity index (χ1) is 12.6. The number of nitriles is 1. The highest BCUT2D eigenvalue weighted by Crippen LogP contribution is 2.41. The normalized spacial score (nSPS) is 14.2. The van der Waals surface area contributed by atoms with Gasteiger partial charge in [0.25, 0.3) is 0 Å². The largest absolute Gasteiger partial charge is 0.495 e. The number of carbonyl (C=O) groups is 1. The smallest absolute Gasteiger partial charge is 0.405 e. The number of ether oxygens (including phenoxy) is 1. The molecule has 3 rings (SSSR count). The van der Waals surface area contributed by atoms with Gasteiger partial charge in [-0.2, -0.15) is 5.26 Å². The average molecular weight is 346 g/mol.